The number of aliphatic hydroxyl groups is 1. The summed E-state index contributed by atoms with van der Waals surface area (Å²) in [7, 11) is 1.55. The molecular formula is C13H20FNO2. The molecule has 2 N–H and O–H groups in total. The Bertz CT molecular complexity index is 344. The Hall–Kier alpha value is -0.970. The normalized spacial score (nSPS) is 12.7. The summed E-state index contributed by atoms with van der Waals surface area (Å²) in [4.78, 5) is 0. The minimum atomic E-state index is -0.463. The molecule has 0 spiro atoms. The summed E-state index contributed by atoms with van der Waals surface area (Å²) in [6, 6.07) is 5.06. The van der Waals surface area contributed by atoms with Crippen LogP contribution in [0.3, 0.4) is 0 Å². The zero-order valence-electron chi connectivity index (χ0n) is 10.4. The van der Waals surface area contributed by atoms with Crippen LogP contribution in [0.15, 0.2) is 18.2 Å². The molecule has 0 heterocycles. The van der Waals surface area contributed by atoms with Crippen LogP contribution in [0.25, 0.3) is 0 Å². The molecule has 1 aromatic carbocycles. The lowest BCUT2D eigenvalue weighted by Crippen LogP contribution is -2.23. The molecule has 1 atom stereocenters. The molecule has 96 valence electrons. The van der Waals surface area contributed by atoms with E-state index in [9.17, 15) is 9.50 Å². The van der Waals surface area contributed by atoms with Gasteiger partial charge in [0.1, 0.15) is 5.82 Å². The maximum atomic E-state index is 13.4. The first-order valence-corrected chi connectivity index (χ1v) is 5.76. The number of aliphatic hydroxyl groups excluding tert-OH is 1. The minimum absolute atomic E-state index is 0.194. The van der Waals surface area contributed by atoms with Crippen LogP contribution in [0.5, 0.6) is 0 Å². The third-order valence-electron chi connectivity index (χ3n) is 2.53. The average Bonchev–Trinajstić information content (AvgIpc) is 2.29. The molecule has 0 saturated carbocycles. The molecule has 0 aromatic heterocycles. The molecular weight excluding hydrogens is 221 g/mol. The van der Waals surface area contributed by atoms with Crippen LogP contribution in [0.2, 0.25) is 0 Å². The van der Waals surface area contributed by atoms with Gasteiger partial charge in [0.2, 0.25) is 0 Å². The zero-order chi connectivity index (χ0) is 12.7. The molecule has 0 radical (unpaired) electrons. The molecule has 0 aliphatic heterocycles. The van der Waals surface area contributed by atoms with Crippen molar-refractivity contribution < 1.29 is 14.2 Å². The fourth-order valence-electron chi connectivity index (χ4n) is 1.61. The smallest absolute Gasteiger partial charge is 0.127 e. The Labute approximate surface area is 102 Å². The van der Waals surface area contributed by atoms with E-state index in [1.54, 1.807) is 13.2 Å². The molecule has 3 nitrogen and oxygen atoms in total. The average molecular weight is 241 g/mol. The topological polar surface area (TPSA) is 41.5 Å². The van der Waals surface area contributed by atoms with Crippen molar-refractivity contribution in [1.29, 1.82) is 0 Å². The number of aryl methyl sites for hydroxylation is 1. The number of hydrogen-bond donors (Lipinski definition) is 2. The Morgan fingerprint density at radius 3 is 2.94 bits per heavy atom. The lowest BCUT2D eigenvalue weighted by Gasteiger charge is -2.10. The second-order valence-corrected chi connectivity index (χ2v) is 4.17. The molecule has 0 amide bonds. The maximum Gasteiger partial charge on any atom is 0.127 e. The van der Waals surface area contributed by atoms with Crippen molar-refractivity contribution in [3.05, 3.63) is 35.1 Å². The maximum absolute atomic E-state index is 13.4. The number of ether oxygens (including phenoxy) is 1. The standard InChI is InChI=1S/C13H20FNO2/c1-10-3-4-13(14)11(7-10)8-15-6-5-12(16)9-17-2/h3-4,7,12,15-16H,5-6,8-9H2,1-2H3. The number of methoxy groups -OCH3 is 1. The van der Waals surface area contributed by atoms with Crippen molar-refractivity contribution in [2.75, 3.05) is 20.3 Å². The fraction of sp³-hybridized carbons (Fsp3) is 0.538. The second kappa shape index (κ2) is 7.37. The second-order valence-electron chi connectivity index (χ2n) is 4.17. The first kappa shape index (κ1) is 14.1. The number of benzene rings is 1. The molecule has 0 bridgehead atoms. The van der Waals surface area contributed by atoms with Gasteiger partial charge in [-0.1, -0.05) is 17.7 Å². The fourth-order valence-corrected chi connectivity index (χ4v) is 1.61. The zero-order valence-corrected chi connectivity index (χ0v) is 10.4. The number of rotatable bonds is 7. The van der Waals surface area contributed by atoms with Crippen LogP contribution in [0, 0.1) is 12.7 Å². The highest BCUT2D eigenvalue weighted by molar-refractivity contribution is 5.23. The van der Waals surface area contributed by atoms with Gasteiger partial charge in [-0.25, -0.2) is 4.39 Å². The van der Waals surface area contributed by atoms with Crippen molar-refractivity contribution in [1.82, 2.24) is 5.32 Å². The van der Waals surface area contributed by atoms with Gasteiger partial charge in [0.05, 0.1) is 12.7 Å². The van der Waals surface area contributed by atoms with Crippen molar-refractivity contribution in [2.45, 2.75) is 26.0 Å². The minimum Gasteiger partial charge on any atom is -0.391 e. The van der Waals surface area contributed by atoms with Gasteiger partial charge in [0, 0.05) is 19.2 Å². The summed E-state index contributed by atoms with van der Waals surface area (Å²) >= 11 is 0. The molecule has 0 saturated heterocycles. The van der Waals surface area contributed by atoms with Crippen molar-refractivity contribution in [2.24, 2.45) is 0 Å². The van der Waals surface area contributed by atoms with E-state index in [1.165, 1.54) is 6.07 Å². The molecule has 1 rings (SSSR count). The number of hydrogen-bond acceptors (Lipinski definition) is 3. The van der Waals surface area contributed by atoms with Gasteiger partial charge in [0.25, 0.3) is 0 Å². The van der Waals surface area contributed by atoms with E-state index >= 15 is 0 Å². The Kier molecular flexibility index (Phi) is 6.11. The summed E-state index contributed by atoms with van der Waals surface area (Å²) in [5.74, 6) is -0.194. The summed E-state index contributed by atoms with van der Waals surface area (Å²) in [6.07, 6.45) is 0.135. The van der Waals surface area contributed by atoms with E-state index in [1.807, 2.05) is 13.0 Å². The van der Waals surface area contributed by atoms with Gasteiger partial charge in [0.15, 0.2) is 0 Å². The van der Waals surface area contributed by atoms with E-state index in [0.717, 1.165) is 5.56 Å². The van der Waals surface area contributed by atoms with Crippen LogP contribution in [0.4, 0.5) is 4.39 Å². The molecule has 0 fully saturated rings. The van der Waals surface area contributed by atoms with Crippen molar-refractivity contribution in [3.63, 3.8) is 0 Å². The van der Waals surface area contributed by atoms with Gasteiger partial charge in [-0.05, 0) is 26.0 Å². The van der Waals surface area contributed by atoms with Crippen LogP contribution in [0.1, 0.15) is 17.5 Å². The molecule has 0 aliphatic carbocycles. The van der Waals surface area contributed by atoms with Crippen molar-refractivity contribution in [3.8, 4) is 0 Å². The highest BCUT2D eigenvalue weighted by Gasteiger charge is 2.04. The summed E-state index contributed by atoms with van der Waals surface area (Å²) < 4.78 is 18.2. The monoisotopic (exact) mass is 241 g/mol. The van der Waals surface area contributed by atoms with Gasteiger partial charge >= 0.3 is 0 Å². The Morgan fingerprint density at radius 2 is 2.24 bits per heavy atom. The number of halogens is 1. The molecule has 17 heavy (non-hydrogen) atoms. The lowest BCUT2D eigenvalue weighted by atomic mass is 10.1. The number of nitrogens with one attached hydrogen (secondary N) is 1. The van der Waals surface area contributed by atoms with E-state index in [2.05, 4.69) is 5.32 Å². The predicted octanol–water partition coefficient (Wildman–Crippen LogP) is 1.62. The van der Waals surface area contributed by atoms with Crippen LogP contribution < -0.4 is 5.32 Å². The van der Waals surface area contributed by atoms with Crippen LogP contribution in [-0.4, -0.2) is 31.5 Å². The molecule has 0 aliphatic rings. The van der Waals surface area contributed by atoms with Gasteiger partial charge in [-0.3, -0.25) is 0 Å². The Balaban J connectivity index is 2.28. The highest BCUT2D eigenvalue weighted by Crippen LogP contribution is 2.09. The Morgan fingerprint density at radius 1 is 1.47 bits per heavy atom. The van der Waals surface area contributed by atoms with Gasteiger partial charge in [-0.2, -0.15) is 0 Å². The third-order valence-corrected chi connectivity index (χ3v) is 2.53. The van der Waals surface area contributed by atoms with E-state index < -0.39 is 6.10 Å². The van der Waals surface area contributed by atoms with Crippen LogP contribution >= 0.6 is 0 Å². The van der Waals surface area contributed by atoms with Gasteiger partial charge in [-0.15, -0.1) is 0 Å². The quantitative estimate of drug-likeness (QED) is 0.713. The highest BCUT2D eigenvalue weighted by atomic mass is 19.1. The third kappa shape index (κ3) is 5.26. The summed E-state index contributed by atoms with van der Waals surface area (Å²) in [5.41, 5.74) is 1.70. The first-order valence-electron chi connectivity index (χ1n) is 5.76. The van der Waals surface area contributed by atoms with Gasteiger partial charge < -0.3 is 15.2 Å². The molecule has 1 unspecified atom stereocenters. The summed E-state index contributed by atoms with van der Waals surface area (Å²) in [5, 5.41) is 12.5. The first-order chi connectivity index (χ1) is 8.13. The van der Waals surface area contributed by atoms with E-state index in [0.29, 0.717) is 31.7 Å². The van der Waals surface area contributed by atoms with E-state index in [4.69, 9.17) is 4.74 Å². The van der Waals surface area contributed by atoms with Crippen LogP contribution in [-0.2, 0) is 11.3 Å². The molecule has 1 aromatic rings. The lowest BCUT2D eigenvalue weighted by molar-refractivity contribution is 0.0594. The molecule has 4 heteroatoms. The SMILES string of the molecule is COCC(O)CCNCc1cc(C)ccc1F. The predicted molar refractivity (Wildman–Crippen MR) is 65.3 cm³/mol. The van der Waals surface area contributed by atoms with E-state index in [-0.39, 0.29) is 5.82 Å². The summed E-state index contributed by atoms with van der Waals surface area (Å²) in [6.45, 7) is 3.39. The largest absolute Gasteiger partial charge is 0.391 e. The van der Waals surface area contributed by atoms with Crippen molar-refractivity contribution >= 4 is 0 Å².